The van der Waals surface area contributed by atoms with Crippen molar-refractivity contribution in [1.29, 1.82) is 0 Å². The summed E-state index contributed by atoms with van der Waals surface area (Å²) in [6.45, 7) is 4.24. The second kappa shape index (κ2) is 22.2. The average molecular weight is 750 g/mol. The van der Waals surface area contributed by atoms with Gasteiger partial charge in [0.15, 0.2) is 0 Å². The number of amides is 5. The van der Waals surface area contributed by atoms with Crippen LogP contribution in [0.5, 0.6) is 0 Å². The summed E-state index contributed by atoms with van der Waals surface area (Å²) in [6.07, 6.45) is 3.64. The summed E-state index contributed by atoms with van der Waals surface area (Å²) in [5.41, 5.74) is 3.45. The average Bonchev–Trinajstić information content (AvgIpc) is 3.71. The van der Waals surface area contributed by atoms with Crippen LogP contribution in [0.3, 0.4) is 0 Å². The van der Waals surface area contributed by atoms with Gasteiger partial charge in [0, 0.05) is 54.5 Å². The van der Waals surface area contributed by atoms with E-state index in [1.54, 1.807) is 4.90 Å². The minimum atomic E-state index is -0.177. The van der Waals surface area contributed by atoms with Crippen LogP contribution in [-0.4, -0.2) is 113 Å². The van der Waals surface area contributed by atoms with Crippen molar-refractivity contribution in [2.24, 2.45) is 0 Å². The molecule has 4 N–H and O–H groups in total. The Balaban J connectivity index is 0.786. The van der Waals surface area contributed by atoms with Gasteiger partial charge in [-0.05, 0) is 36.6 Å². The summed E-state index contributed by atoms with van der Waals surface area (Å²) in [7, 11) is 0. The van der Waals surface area contributed by atoms with Crippen molar-refractivity contribution in [3.05, 3.63) is 65.2 Å². The molecule has 2 fully saturated rings. The number of anilines is 1. The molecule has 3 atom stereocenters. The maximum absolute atomic E-state index is 13.3. The Morgan fingerprint density at radius 3 is 2.17 bits per heavy atom. The number of fused-ring (bicyclic) bond motifs is 3. The number of thioether (sulfide) groups is 1. The van der Waals surface area contributed by atoms with Gasteiger partial charge in [0.2, 0.25) is 17.7 Å². The Hall–Kier alpha value is -4.13. The number of benzene rings is 2. The lowest BCUT2D eigenvalue weighted by molar-refractivity contribution is -0.123. The number of para-hydroxylation sites is 1. The molecule has 0 aliphatic carbocycles. The van der Waals surface area contributed by atoms with Gasteiger partial charge in [-0.2, -0.15) is 11.8 Å². The molecule has 3 heterocycles. The van der Waals surface area contributed by atoms with E-state index >= 15 is 0 Å². The molecule has 3 aliphatic heterocycles. The SMILES string of the molecule is O=C(CCCC[C@@H]1SC[C@@H]2NC(=O)N[C@@H]21)NCCOCCOCCOCCOCCC(=O)NCCC(=O)N1Cc2ccccc2C#Cc2ccccc21. The second-order valence-corrected chi connectivity index (χ2v) is 14.2. The first-order chi connectivity index (χ1) is 26.0. The van der Waals surface area contributed by atoms with Crippen LogP contribution in [-0.2, 0) is 39.9 Å². The van der Waals surface area contributed by atoms with E-state index in [1.165, 1.54) is 0 Å². The zero-order chi connectivity index (χ0) is 37.1. The third-order valence-electron chi connectivity index (χ3n) is 9.07. The highest BCUT2D eigenvalue weighted by molar-refractivity contribution is 8.00. The van der Waals surface area contributed by atoms with E-state index in [0.717, 1.165) is 47.4 Å². The molecule has 53 heavy (non-hydrogen) atoms. The van der Waals surface area contributed by atoms with E-state index < -0.39 is 0 Å². The van der Waals surface area contributed by atoms with Crippen molar-refractivity contribution in [1.82, 2.24) is 21.3 Å². The van der Waals surface area contributed by atoms with Crippen molar-refractivity contribution < 1.29 is 38.1 Å². The molecule has 0 aromatic heterocycles. The molecular formula is C39H51N5O8S. The number of carbonyl (C=O) groups is 4. The number of ether oxygens (including phenoxy) is 4. The first kappa shape index (κ1) is 40.1. The first-order valence-corrected chi connectivity index (χ1v) is 19.5. The first-order valence-electron chi connectivity index (χ1n) is 18.5. The quantitative estimate of drug-likeness (QED) is 0.0763. The predicted octanol–water partition coefficient (Wildman–Crippen LogP) is 2.74. The van der Waals surface area contributed by atoms with Gasteiger partial charge in [-0.25, -0.2) is 4.79 Å². The second-order valence-electron chi connectivity index (χ2n) is 12.9. The maximum Gasteiger partial charge on any atom is 0.315 e. The standard InChI is InChI=1S/C39H51N5O8S/c45-35(12-6-5-11-34-38-32(28-53-34)42-39(48)43-38)41-18-20-50-22-24-52-26-25-51-23-21-49-19-16-36(46)40-17-15-37(47)44-27-31-9-2-1-7-29(31)13-14-30-8-3-4-10-33(30)44/h1-4,7-10,32,34,38H,5-6,11-12,15-28H2,(H,40,46)(H,41,45)(H2,42,43,48)/t32-,34-,38-/m0/s1. The molecule has 0 spiro atoms. The Morgan fingerprint density at radius 2 is 1.38 bits per heavy atom. The van der Waals surface area contributed by atoms with Gasteiger partial charge in [-0.15, -0.1) is 0 Å². The van der Waals surface area contributed by atoms with E-state index in [-0.39, 0.29) is 61.8 Å². The van der Waals surface area contributed by atoms with E-state index in [9.17, 15) is 19.2 Å². The van der Waals surface area contributed by atoms with E-state index in [1.807, 2.05) is 60.3 Å². The molecule has 2 aromatic carbocycles. The van der Waals surface area contributed by atoms with E-state index in [0.29, 0.717) is 71.0 Å². The van der Waals surface area contributed by atoms with Crippen molar-refractivity contribution in [3.63, 3.8) is 0 Å². The molecular weight excluding hydrogens is 699 g/mol. The van der Waals surface area contributed by atoms with Crippen molar-refractivity contribution in [2.45, 2.75) is 62.4 Å². The zero-order valence-electron chi connectivity index (χ0n) is 30.2. The summed E-state index contributed by atoms with van der Waals surface area (Å²) in [6, 6.07) is 15.8. The molecule has 3 aliphatic rings. The molecule has 0 bridgehead atoms. The van der Waals surface area contributed by atoms with Gasteiger partial charge in [0.25, 0.3) is 0 Å². The molecule has 5 rings (SSSR count). The Labute approximate surface area is 316 Å². The molecule has 0 radical (unpaired) electrons. The summed E-state index contributed by atoms with van der Waals surface area (Å²) >= 11 is 1.89. The fourth-order valence-electron chi connectivity index (χ4n) is 6.29. The fraction of sp³-hybridized carbons (Fsp3) is 0.538. The number of unbranched alkanes of at least 4 members (excludes halogenated alkanes) is 1. The lowest BCUT2D eigenvalue weighted by Gasteiger charge is -2.26. The Kier molecular flexibility index (Phi) is 16.8. The van der Waals surface area contributed by atoms with Crippen LogP contribution in [0.25, 0.3) is 0 Å². The van der Waals surface area contributed by atoms with Crippen LogP contribution < -0.4 is 26.2 Å². The molecule has 2 aromatic rings. The molecule has 14 heteroatoms. The Morgan fingerprint density at radius 1 is 0.736 bits per heavy atom. The summed E-state index contributed by atoms with van der Waals surface area (Å²) < 4.78 is 22.0. The van der Waals surface area contributed by atoms with Crippen LogP contribution in [0.2, 0.25) is 0 Å². The lowest BCUT2D eigenvalue weighted by Crippen LogP contribution is -2.36. The van der Waals surface area contributed by atoms with Gasteiger partial charge in [-0.3, -0.25) is 14.4 Å². The topological polar surface area (TPSA) is 157 Å². The van der Waals surface area contributed by atoms with E-state index in [4.69, 9.17) is 18.9 Å². The number of nitrogens with zero attached hydrogens (tertiary/aromatic N) is 1. The summed E-state index contributed by atoms with van der Waals surface area (Å²) in [4.78, 5) is 50.9. The van der Waals surface area contributed by atoms with Gasteiger partial charge in [-0.1, -0.05) is 48.6 Å². The van der Waals surface area contributed by atoms with Crippen molar-refractivity contribution in [2.75, 3.05) is 76.6 Å². The molecule has 2 saturated heterocycles. The van der Waals surface area contributed by atoms with Crippen LogP contribution in [0.15, 0.2) is 48.5 Å². The third kappa shape index (κ3) is 13.3. The number of carbonyl (C=O) groups excluding carboxylic acids is 4. The van der Waals surface area contributed by atoms with Gasteiger partial charge >= 0.3 is 6.03 Å². The number of nitrogens with one attached hydrogen (secondary N) is 4. The minimum Gasteiger partial charge on any atom is -0.379 e. The molecule has 286 valence electrons. The maximum atomic E-state index is 13.3. The molecule has 13 nitrogen and oxygen atoms in total. The van der Waals surface area contributed by atoms with Gasteiger partial charge in [0.05, 0.1) is 77.2 Å². The van der Waals surface area contributed by atoms with Gasteiger partial charge in [0.1, 0.15) is 0 Å². The van der Waals surface area contributed by atoms with Crippen LogP contribution in [0.1, 0.15) is 55.2 Å². The highest BCUT2D eigenvalue weighted by atomic mass is 32.2. The largest absolute Gasteiger partial charge is 0.379 e. The normalized spacial score (nSPS) is 18.3. The minimum absolute atomic E-state index is 0.0276. The fourth-order valence-corrected chi connectivity index (χ4v) is 7.84. The number of urea groups is 1. The number of hydrogen-bond donors (Lipinski definition) is 4. The van der Waals surface area contributed by atoms with Crippen molar-refractivity contribution >= 4 is 41.2 Å². The van der Waals surface area contributed by atoms with Crippen molar-refractivity contribution in [3.8, 4) is 11.8 Å². The highest BCUT2D eigenvalue weighted by Crippen LogP contribution is 2.33. The third-order valence-corrected chi connectivity index (χ3v) is 10.6. The highest BCUT2D eigenvalue weighted by Gasteiger charge is 2.42. The summed E-state index contributed by atoms with van der Waals surface area (Å²) in [5, 5.41) is 12.1. The predicted molar refractivity (Wildman–Crippen MR) is 203 cm³/mol. The lowest BCUT2D eigenvalue weighted by atomic mass is 10.0. The summed E-state index contributed by atoms with van der Waals surface area (Å²) in [5.74, 6) is 7.13. The van der Waals surface area contributed by atoms with Crippen LogP contribution >= 0.6 is 11.8 Å². The van der Waals surface area contributed by atoms with E-state index in [2.05, 4.69) is 33.1 Å². The molecule has 0 saturated carbocycles. The zero-order valence-corrected chi connectivity index (χ0v) is 31.0. The number of hydrogen-bond acceptors (Lipinski definition) is 9. The molecule has 5 amide bonds. The van der Waals surface area contributed by atoms with Crippen LogP contribution in [0, 0.1) is 11.8 Å². The Bertz CT molecular complexity index is 1580. The van der Waals surface area contributed by atoms with Gasteiger partial charge < -0.3 is 45.1 Å². The molecule has 0 unspecified atom stereocenters. The van der Waals surface area contributed by atoms with Crippen LogP contribution in [0.4, 0.5) is 10.5 Å². The number of rotatable bonds is 23. The monoisotopic (exact) mass is 749 g/mol. The smallest absolute Gasteiger partial charge is 0.315 e.